The molecule has 2 rings (SSSR count). The van der Waals surface area contributed by atoms with Crippen LogP contribution in [0.3, 0.4) is 0 Å². The largest absolute Gasteiger partial charge is 0.494 e. The zero-order chi connectivity index (χ0) is 17.9. The highest BCUT2D eigenvalue weighted by molar-refractivity contribution is 5.97. The molecule has 0 bridgehead atoms. The summed E-state index contributed by atoms with van der Waals surface area (Å²) in [6.07, 6.45) is 1.48. The summed E-state index contributed by atoms with van der Waals surface area (Å²) in [5.74, 6) is 1.13. The van der Waals surface area contributed by atoms with Crippen molar-refractivity contribution in [1.29, 1.82) is 0 Å². The number of carbonyl (C=O) groups excluding carboxylic acids is 1. The number of rotatable bonds is 5. The number of carbonyl (C=O) groups is 1. The molecule has 0 saturated carbocycles. The average Bonchev–Trinajstić information content (AvgIpc) is 2.55. The van der Waals surface area contributed by atoms with E-state index in [4.69, 9.17) is 20.9 Å². The van der Waals surface area contributed by atoms with Crippen molar-refractivity contribution >= 4 is 23.4 Å². The van der Waals surface area contributed by atoms with E-state index in [1.165, 1.54) is 11.1 Å². The highest BCUT2D eigenvalue weighted by Gasteiger charge is 2.22. The molecule has 0 radical (unpaired) electrons. The minimum absolute atomic E-state index is 0.0306. The number of hydrogen-bond donors (Lipinski definition) is 2. The lowest BCUT2D eigenvalue weighted by Crippen LogP contribution is -2.29. The third-order valence-electron chi connectivity index (χ3n) is 3.59. The summed E-state index contributed by atoms with van der Waals surface area (Å²) in [4.78, 5) is 21.8. The summed E-state index contributed by atoms with van der Waals surface area (Å²) < 4.78 is 10.8. The van der Waals surface area contributed by atoms with Crippen molar-refractivity contribution in [2.24, 2.45) is 0 Å². The molecule has 2 aromatic rings. The zero-order valence-electron chi connectivity index (χ0n) is 14.2. The fraction of sp³-hybridized carbons (Fsp3) is 0.312. The Morgan fingerprint density at radius 3 is 2.29 bits per heavy atom. The highest BCUT2D eigenvalue weighted by Crippen LogP contribution is 2.38. The van der Waals surface area contributed by atoms with Crippen molar-refractivity contribution in [2.45, 2.75) is 13.3 Å². The Kier molecular flexibility index (Phi) is 5.08. The smallest absolute Gasteiger partial charge is 0.231 e. The van der Waals surface area contributed by atoms with Gasteiger partial charge in [0.2, 0.25) is 11.9 Å². The molecule has 0 aliphatic rings. The van der Waals surface area contributed by atoms with E-state index in [0.717, 1.165) is 5.56 Å². The highest BCUT2D eigenvalue weighted by atomic mass is 16.5. The molecule has 4 N–H and O–H groups in total. The van der Waals surface area contributed by atoms with Crippen LogP contribution in [0.2, 0.25) is 0 Å². The first-order valence-electron chi connectivity index (χ1n) is 7.23. The molecule has 0 unspecified atom stereocenters. The van der Waals surface area contributed by atoms with E-state index in [1.54, 1.807) is 21.3 Å². The molecule has 24 heavy (non-hydrogen) atoms. The zero-order valence-corrected chi connectivity index (χ0v) is 14.2. The Balaban J connectivity index is 2.34. The van der Waals surface area contributed by atoms with Gasteiger partial charge in [0.1, 0.15) is 23.0 Å². The second-order valence-electron chi connectivity index (χ2n) is 5.29. The van der Waals surface area contributed by atoms with Crippen molar-refractivity contribution in [3.05, 3.63) is 29.5 Å². The molecule has 0 aliphatic heterocycles. The van der Waals surface area contributed by atoms with Crippen LogP contribution in [-0.4, -0.2) is 37.1 Å². The van der Waals surface area contributed by atoms with Gasteiger partial charge in [-0.3, -0.25) is 4.79 Å². The number of nitrogens with two attached hydrogens (primary N) is 2. The molecule has 128 valence electrons. The van der Waals surface area contributed by atoms with Crippen LogP contribution in [0.5, 0.6) is 11.5 Å². The van der Waals surface area contributed by atoms with Crippen LogP contribution in [0.15, 0.2) is 18.3 Å². The summed E-state index contributed by atoms with van der Waals surface area (Å²) >= 11 is 0. The first kappa shape index (κ1) is 17.3. The number of hydrogen-bond acceptors (Lipinski definition) is 7. The van der Waals surface area contributed by atoms with Crippen LogP contribution >= 0.6 is 0 Å². The van der Waals surface area contributed by atoms with Crippen molar-refractivity contribution in [3.8, 4) is 11.5 Å². The second kappa shape index (κ2) is 7.03. The van der Waals surface area contributed by atoms with Gasteiger partial charge in [0.25, 0.3) is 0 Å². The van der Waals surface area contributed by atoms with Crippen LogP contribution in [0.1, 0.15) is 11.1 Å². The van der Waals surface area contributed by atoms with Gasteiger partial charge in [-0.1, -0.05) is 0 Å². The van der Waals surface area contributed by atoms with Crippen LogP contribution < -0.4 is 25.8 Å². The Bertz CT molecular complexity index is 738. The fourth-order valence-corrected chi connectivity index (χ4v) is 2.33. The fourth-order valence-electron chi connectivity index (χ4n) is 2.33. The molecule has 0 atom stereocenters. The lowest BCUT2D eigenvalue weighted by Gasteiger charge is -2.23. The van der Waals surface area contributed by atoms with Crippen LogP contribution in [0, 0.1) is 6.92 Å². The maximum absolute atomic E-state index is 12.6. The minimum atomic E-state index is -0.212. The topological polar surface area (TPSA) is 117 Å². The molecule has 1 amide bonds. The van der Waals surface area contributed by atoms with Gasteiger partial charge in [0, 0.05) is 18.8 Å². The van der Waals surface area contributed by atoms with Gasteiger partial charge >= 0.3 is 0 Å². The van der Waals surface area contributed by atoms with Gasteiger partial charge in [-0.2, -0.15) is 4.98 Å². The standard InChI is InChI=1S/C16H21N5O3/c1-9-5-11(23-3)14(12(6-9)24-4)21(2)13(22)7-10-8-19-16(18)20-15(10)17/h5-6,8H,7H2,1-4H3,(H4,17,18,19,20). The summed E-state index contributed by atoms with van der Waals surface area (Å²) in [5, 5.41) is 0. The summed E-state index contributed by atoms with van der Waals surface area (Å²) in [7, 11) is 4.73. The Morgan fingerprint density at radius 2 is 1.79 bits per heavy atom. The molecule has 0 aliphatic carbocycles. The molecule has 8 heteroatoms. The van der Waals surface area contributed by atoms with E-state index in [-0.39, 0.29) is 24.1 Å². The number of amides is 1. The van der Waals surface area contributed by atoms with E-state index in [1.807, 2.05) is 19.1 Å². The number of ether oxygens (including phenoxy) is 2. The summed E-state index contributed by atoms with van der Waals surface area (Å²) in [6, 6.07) is 3.67. The van der Waals surface area contributed by atoms with E-state index in [0.29, 0.717) is 22.7 Å². The van der Waals surface area contributed by atoms with Gasteiger partial charge in [-0.15, -0.1) is 0 Å². The van der Waals surface area contributed by atoms with Crippen LogP contribution in [0.4, 0.5) is 17.5 Å². The van der Waals surface area contributed by atoms with Crippen molar-refractivity contribution in [3.63, 3.8) is 0 Å². The molecule has 8 nitrogen and oxygen atoms in total. The Labute approximate surface area is 140 Å². The number of anilines is 3. The van der Waals surface area contributed by atoms with Gasteiger partial charge in [-0.25, -0.2) is 4.98 Å². The summed E-state index contributed by atoms with van der Waals surface area (Å²) in [5.41, 5.74) is 13.3. The van der Waals surface area contributed by atoms with Crippen molar-refractivity contribution in [1.82, 2.24) is 9.97 Å². The molecule has 0 saturated heterocycles. The normalized spacial score (nSPS) is 10.3. The maximum Gasteiger partial charge on any atom is 0.231 e. The SMILES string of the molecule is COc1cc(C)cc(OC)c1N(C)C(=O)Cc1cnc(N)nc1N. The first-order chi connectivity index (χ1) is 11.4. The number of likely N-dealkylation sites (N-methyl/N-ethyl adjacent to an activating group) is 1. The summed E-state index contributed by atoms with van der Waals surface area (Å²) in [6.45, 7) is 1.92. The monoisotopic (exact) mass is 331 g/mol. The molecule has 0 fully saturated rings. The van der Waals surface area contributed by atoms with Gasteiger partial charge < -0.3 is 25.8 Å². The number of nitrogens with zero attached hydrogens (tertiary/aromatic N) is 3. The van der Waals surface area contributed by atoms with Crippen LogP contribution in [0.25, 0.3) is 0 Å². The third-order valence-corrected chi connectivity index (χ3v) is 3.59. The molecule has 1 aromatic heterocycles. The molecular formula is C16H21N5O3. The van der Waals surface area contributed by atoms with Gasteiger partial charge in [-0.05, 0) is 24.6 Å². The molecular weight excluding hydrogens is 310 g/mol. The predicted molar refractivity (Wildman–Crippen MR) is 92.3 cm³/mol. The number of methoxy groups -OCH3 is 2. The lowest BCUT2D eigenvalue weighted by molar-refractivity contribution is -0.117. The second-order valence-corrected chi connectivity index (χ2v) is 5.29. The quantitative estimate of drug-likeness (QED) is 0.844. The van der Waals surface area contributed by atoms with E-state index in [2.05, 4.69) is 9.97 Å². The number of nitrogen functional groups attached to an aromatic ring is 2. The van der Waals surface area contributed by atoms with Crippen LogP contribution in [-0.2, 0) is 11.2 Å². The average molecular weight is 331 g/mol. The third kappa shape index (κ3) is 3.48. The Hall–Kier alpha value is -3.03. The molecule has 1 aromatic carbocycles. The first-order valence-corrected chi connectivity index (χ1v) is 7.23. The van der Waals surface area contributed by atoms with E-state index in [9.17, 15) is 4.79 Å². The number of benzene rings is 1. The Morgan fingerprint density at radius 1 is 1.21 bits per heavy atom. The predicted octanol–water partition coefficient (Wildman–Crippen LogP) is 1.17. The van der Waals surface area contributed by atoms with Crippen molar-refractivity contribution < 1.29 is 14.3 Å². The van der Waals surface area contributed by atoms with Gasteiger partial charge in [0.05, 0.1) is 20.6 Å². The molecule has 1 heterocycles. The molecule has 0 spiro atoms. The van der Waals surface area contributed by atoms with E-state index >= 15 is 0 Å². The van der Waals surface area contributed by atoms with Crippen molar-refractivity contribution in [2.75, 3.05) is 37.6 Å². The number of aryl methyl sites for hydroxylation is 1. The lowest BCUT2D eigenvalue weighted by atomic mass is 10.1. The minimum Gasteiger partial charge on any atom is -0.494 e. The maximum atomic E-state index is 12.6. The van der Waals surface area contributed by atoms with Gasteiger partial charge in [0.15, 0.2) is 0 Å². The number of aromatic nitrogens is 2. The van der Waals surface area contributed by atoms with E-state index < -0.39 is 0 Å².